The topological polar surface area (TPSA) is 42.5 Å². The number of hydrogen-bond donors (Lipinski definition) is 1. The normalized spacial score (nSPS) is 17.6. The molecule has 2 atom stereocenters. The minimum atomic E-state index is -0.329. The van der Waals surface area contributed by atoms with E-state index in [0.717, 1.165) is 57.3 Å². The van der Waals surface area contributed by atoms with Gasteiger partial charge in [-0.3, -0.25) is 4.99 Å². The maximum Gasteiger partial charge on any atom is 0.146 e. The second kappa shape index (κ2) is 12.5. The Morgan fingerprint density at radius 1 is 0.610 bits per heavy atom. The number of benzene rings is 8. The second-order valence-corrected chi connectivity index (χ2v) is 16.2. The van der Waals surface area contributed by atoms with E-state index in [1.54, 1.807) is 0 Å². The molecule has 4 nitrogen and oxygen atoms in total. The average Bonchev–Trinajstić information content (AvgIpc) is 3.83. The van der Waals surface area contributed by atoms with E-state index in [2.05, 4.69) is 192 Å². The lowest BCUT2D eigenvalue weighted by atomic mass is 9.83. The van der Waals surface area contributed by atoms with Crippen LogP contribution < -0.4 is 5.32 Å². The summed E-state index contributed by atoms with van der Waals surface area (Å²) in [6, 6.07) is 59.5. The van der Waals surface area contributed by atoms with Crippen LogP contribution in [0.3, 0.4) is 0 Å². The molecule has 2 aromatic heterocycles. The fourth-order valence-corrected chi connectivity index (χ4v) is 10.2. The van der Waals surface area contributed by atoms with Gasteiger partial charge >= 0.3 is 0 Å². The highest BCUT2D eigenvalue weighted by Crippen LogP contribution is 2.45. The van der Waals surface area contributed by atoms with E-state index in [4.69, 9.17) is 9.41 Å². The first-order chi connectivity index (χ1) is 29.2. The van der Waals surface area contributed by atoms with Gasteiger partial charge in [0.15, 0.2) is 0 Å². The summed E-state index contributed by atoms with van der Waals surface area (Å²) in [5.41, 5.74) is 14.6. The average molecular weight is 756 g/mol. The first kappa shape index (κ1) is 32.6. The number of rotatable bonds is 3. The van der Waals surface area contributed by atoms with Crippen molar-refractivity contribution in [2.75, 3.05) is 0 Å². The standard InChI is InChI=1S/C55H37N3O/c1-2-11-34(12-3-1)35-22-24-37(25-23-35)52-46-29-33-21-26-41-45-31-38-14-4-5-15-39(38)32-49(45)58(48(41)30-33)47-28-27-43-42-18-8-9-20-50(42)59-54(43)51(47)53(46)57-55(56-52)44-19-10-16-36-13-6-7-17-40(36)44/h1-24,26-28,30-32,37,55-56H,25,29H2. The fourth-order valence-electron chi connectivity index (χ4n) is 10.2. The molecule has 278 valence electrons. The van der Waals surface area contributed by atoms with Gasteiger partial charge in [0.2, 0.25) is 0 Å². The first-order valence-electron chi connectivity index (χ1n) is 20.6. The summed E-state index contributed by atoms with van der Waals surface area (Å²) in [6.07, 6.45) is 8.39. The van der Waals surface area contributed by atoms with Crippen molar-refractivity contribution in [3.8, 4) is 5.69 Å². The van der Waals surface area contributed by atoms with Crippen LogP contribution in [-0.4, -0.2) is 10.3 Å². The molecule has 0 saturated heterocycles. The van der Waals surface area contributed by atoms with E-state index in [9.17, 15) is 0 Å². The van der Waals surface area contributed by atoms with Gasteiger partial charge in [-0.05, 0) is 81.1 Å². The third-order valence-corrected chi connectivity index (χ3v) is 12.9. The Bertz CT molecular complexity index is 3530. The predicted molar refractivity (Wildman–Crippen MR) is 244 cm³/mol. The molecule has 1 N–H and O–H groups in total. The van der Waals surface area contributed by atoms with Crippen molar-refractivity contribution >= 4 is 76.6 Å². The highest BCUT2D eigenvalue weighted by atomic mass is 16.3. The quantitative estimate of drug-likeness (QED) is 0.195. The molecule has 2 bridgehead atoms. The Morgan fingerprint density at radius 2 is 1.36 bits per heavy atom. The molecule has 0 fully saturated rings. The van der Waals surface area contributed by atoms with Crippen molar-refractivity contribution in [3.63, 3.8) is 0 Å². The van der Waals surface area contributed by atoms with E-state index in [1.165, 1.54) is 71.3 Å². The van der Waals surface area contributed by atoms with Gasteiger partial charge in [0, 0.05) is 50.7 Å². The molecule has 10 aromatic rings. The Labute approximate surface area is 340 Å². The van der Waals surface area contributed by atoms with Gasteiger partial charge in [0.05, 0.1) is 28.0 Å². The highest BCUT2D eigenvalue weighted by Gasteiger charge is 2.34. The smallest absolute Gasteiger partial charge is 0.146 e. The molecule has 4 heteroatoms. The van der Waals surface area contributed by atoms with E-state index >= 15 is 0 Å². The van der Waals surface area contributed by atoms with Crippen molar-refractivity contribution in [1.82, 2.24) is 9.88 Å². The summed E-state index contributed by atoms with van der Waals surface area (Å²) in [7, 11) is 0. The molecule has 4 heterocycles. The zero-order valence-electron chi connectivity index (χ0n) is 32.2. The van der Waals surface area contributed by atoms with E-state index < -0.39 is 0 Å². The van der Waals surface area contributed by atoms with Crippen LogP contribution in [-0.2, 0) is 6.42 Å². The maximum atomic E-state index is 7.05. The van der Waals surface area contributed by atoms with Crippen LogP contribution in [0, 0.1) is 5.92 Å². The number of nitrogens with one attached hydrogen (secondary N) is 1. The number of para-hydroxylation sites is 1. The molecule has 2 unspecified atom stereocenters. The zero-order valence-corrected chi connectivity index (χ0v) is 32.2. The summed E-state index contributed by atoms with van der Waals surface area (Å²) in [6.45, 7) is 0. The van der Waals surface area contributed by atoms with Gasteiger partial charge in [-0.25, -0.2) is 0 Å². The number of allylic oxidation sites excluding steroid dienone is 5. The van der Waals surface area contributed by atoms with Gasteiger partial charge < -0.3 is 14.3 Å². The molecular formula is C55H37N3O. The van der Waals surface area contributed by atoms with Crippen LogP contribution in [0.1, 0.15) is 34.8 Å². The fraction of sp³-hybridized carbons (Fsp3) is 0.0727. The van der Waals surface area contributed by atoms with Gasteiger partial charge in [0.25, 0.3) is 0 Å². The van der Waals surface area contributed by atoms with Gasteiger partial charge in [-0.2, -0.15) is 0 Å². The largest absolute Gasteiger partial charge is 0.455 e. The van der Waals surface area contributed by atoms with E-state index in [0.29, 0.717) is 0 Å². The maximum absolute atomic E-state index is 7.05. The van der Waals surface area contributed by atoms with Crippen LogP contribution in [0.4, 0.5) is 0 Å². The second-order valence-electron chi connectivity index (χ2n) is 16.2. The molecule has 2 aliphatic heterocycles. The molecule has 59 heavy (non-hydrogen) atoms. The highest BCUT2D eigenvalue weighted by molar-refractivity contribution is 6.25. The number of hydrogen-bond acceptors (Lipinski definition) is 3. The molecule has 0 saturated carbocycles. The Kier molecular flexibility index (Phi) is 6.93. The van der Waals surface area contributed by atoms with Gasteiger partial charge in [-0.15, -0.1) is 0 Å². The molecule has 1 aliphatic carbocycles. The number of fused-ring (bicyclic) bond motifs is 14. The van der Waals surface area contributed by atoms with Crippen LogP contribution in [0.15, 0.2) is 203 Å². The van der Waals surface area contributed by atoms with E-state index in [1.807, 2.05) is 0 Å². The van der Waals surface area contributed by atoms with Crippen LogP contribution in [0.5, 0.6) is 0 Å². The summed E-state index contributed by atoms with van der Waals surface area (Å²) < 4.78 is 9.53. The number of furan rings is 1. The SMILES string of the molecule is C1=CC(C2=C3Cc4ccc5c6cc7ccccc7cc6n(c5c4)-c4ccc5c(oc6ccccc65)c4C3=NC(c3cccc4ccccc34)N2)CC=C1c1ccccc1. The number of nitrogens with zero attached hydrogens (tertiary/aromatic N) is 2. The molecule has 3 aliphatic rings. The minimum absolute atomic E-state index is 0.120. The third kappa shape index (κ3) is 4.93. The number of aliphatic imine (C=N–C) groups is 1. The molecular weight excluding hydrogens is 719 g/mol. The Morgan fingerprint density at radius 3 is 2.22 bits per heavy atom. The van der Waals surface area contributed by atoms with Crippen molar-refractivity contribution in [2.24, 2.45) is 10.9 Å². The Hall–Kier alpha value is -7.43. The molecule has 0 spiro atoms. The summed E-state index contributed by atoms with van der Waals surface area (Å²) >= 11 is 0. The van der Waals surface area contributed by atoms with Crippen molar-refractivity contribution in [3.05, 3.63) is 216 Å². The van der Waals surface area contributed by atoms with Crippen LogP contribution in [0.25, 0.3) is 76.5 Å². The Balaban J connectivity index is 1.14. The van der Waals surface area contributed by atoms with Crippen molar-refractivity contribution < 1.29 is 4.42 Å². The molecule has 13 rings (SSSR count). The van der Waals surface area contributed by atoms with Crippen molar-refractivity contribution in [2.45, 2.75) is 19.0 Å². The zero-order chi connectivity index (χ0) is 38.6. The van der Waals surface area contributed by atoms with Crippen molar-refractivity contribution in [1.29, 1.82) is 0 Å². The first-order valence-corrected chi connectivity index (χ1v) is 20.6. The lowest BCUT2D eigenvalue weighted by molar-refractivity contribution is 0.552. The van der Waals surface area contributed by atoms with Gasteiger partial charge in [0.1, 0.15) is 17.3 Å². The molecule has 8 aromatic carbocycles. The minimum Gasteiger partial charge on any atom is -0.455 e. The molecule has 0 radical (unpaired) electrons. The monoisotopic (exact) mass is 755 g/mol. The summed E-state index contributed by atoms with van der Waals surface area (Å²) in [4.78, 5) is 5.89. The van der Waals surface area contributed by atoms with E-state index in [-0.39, 0.29) is 12.1 Å². The number of aromatic nitrogens is 1. The third-order valence-electron chi connectivity index (χ3n) is 12.9. The summed E-state index contributed by atoms with van der Waals surface area (Å²) in [5, 5.41) is 13.7. The van der Waals surface area contributed by atoms with Crippen LogP contribution >= 0.6 is 0 Å². The predicted octanol–water partition coefficient (Wildman–Crippen LogP) is 13.6. The van der Waals surface area contributed by atoms with Crippen LogP contribution in [0.2, 0.25) is 0 Å². The summed E-state index contributed by atoms with van der Waals surface area (Å²) in [5.74, 6) is 0.120. The lowest BCUT2D eigenvalue weighted by Crippen LogP contribution is -2.34. The lowest BCUT2D eigenvalue weighted by Gasteiger charge is -2.34. The molecule has 0 amide bonds. The van der Waals surface area contributed by atoms with Gasteiger partial charge in [-0.1, -0.05) is 146 Å².